The summed E-state index contributed by atoms with van der Waals surface area (Å²) in [6.07, 6.45) is 5.60. The molecule has 1 aromatic rings. The number of methoxy groups -OCH3 is 1. The molecule has 0 aromatic carbocycles. The van der Waals surface area contributed by atoms with Crippen molar-refractivity contribution < 1.29 is 14.3 Å². The zero-order valence-corrected chi connectivity index (χ0v) is 13.6. The van der Waals surface area contributed by atoms with Crippen molar-refractivity contribution in [3.05, 3.63) is 22.4 Å². The Morgan fingerprint density at radius 3 is 3.05 bits per heavy atom. The van der Waals surface area contributed by atoms with Crippen LogP contribution in [0.1, 0.15) is 30.6 Å². The molecule has 4 nitrogen and oxygen atoms in total. The van der Waals surface area contributed by atoms with Gasteiger partial charge < -0.3 is 14.4 Å². The Balaban J connectivity index is 1.90. The molecule has 1 aliphatic heterocycles. The molecular formula is C16H25NO3S. The fourth-order valence-electron chi connectivity index (χ4n) is 2.76. The molecule has 0 radical (unpaired) electrons. The first-order valence-electron chi connectivity index (χ1n) is 7.70. The second-order valence-corrected chi connectivity index (χ2v) is 6.45. The maximum Gasteiger partial charge on any atom is 0.248 e. The molecule has 1 fully saturated rings. The molecule has 2 rings (SSSR count). The number of rotatable bonds is 7. The molecule has 1 atom stereocenters. The normalized spacial score (nSPS) is 19.5. The third kappa shape index (κ3) is 5.41. The monoisotopic (exact) mass is 311 g/mol. The van der Waals surface area contributed by atoms with Gasteiger partial charge in [0, 0.05) is 31.0 Å². The number of hydrogen-bond acceptors (Lipinski definition) is 4. The van der Waals surface area contributed by atoms with Gasteiger partial charge in [-0.25, -0.2) is 0 Å². The highest BCUT2D eigenvalue weighted by molar-refractivity contribution is 7.09. The first kappa shape index (κ1) is 16.5. The first-order chi connectivity index (χ1) is 10.3. The van der Waals surface area contributed by atoms with Gasteiger partial charge >= 0.3 is 0 Å². The summed E-state index contributed by atoms with van der Waals surface area (Å²) in [6.45, 7) is 2.05. The summed E-state index contributed by atoms with van der Waals surface area (Å²) in [5, 5.41) is 2.10. The lowest BCUT2D eigenvalue weighted by molar-refractivity contribution is -0.138. The molecule has 1 aliphatic rings. The van der Waals surface area contributed by atoms with Crippen LogP contribution in [-0.4, -0.2) is 50.3 Å². The van der Waals surface area contributed by atoms with Crippen LogP contribution in [0, 0.1) is 0 Å². The Kier molecular flexibility index (Phi) is 7.19. The summed E-state index contributed by atoms with van der Waals surface area (Å²) < 4.78 is 10.3. The first-order valence-corrected chi connectivity index (χ1v) is 8.57. The van der Waals surface area contributed by atoms with Gasteiger partial charge in [0.1, 0.15) is 6.61 Å². The molecule has 2 heterocycles. The van der Waals surface area contributed by atoms with Gasteiger partial charge in [0.15, 0.2) is 0 Å². The molecule has 1 aromatic heterocycles. The summed E-state index contributed by atoms with van der Waals surface area (Å²) in [4.78, 5) is 15.8. The number of likely N-dealkylation sites (tertiary alicyclic amines) is 1. The number of nitrogens with zero attached hydrogens (tertiary/aromatic N) is 1. The van der Waals surface area contributed by atoms with E-state index < -0.39 is 0 Å². The number of thiophene rings is 1. The van der Waals surface area contributed by atoms with Crippen LogP contribution in [0.5, 0.6) is 0 Å². The van der Waals surface area contributed by atoms with E-state index in [2.05, 4.69) is 17.5 Å². The van der Waals surface area contributed by atoms with Crippen molar-refractivity contribution in [2.24, 2.45) is 0 Å². The van der Waals surface area contributed by atoms with Crippen LogP contribution in [0.4, 0.5) is 0 Å². The van der Waals surface area contributed by atoms with E-state index in [4.69, 9.17) is 9.47 Å². The van der Waals surface area contributed by atoms with Crippen molar-refractivity contribution in [3.8, 4) is 0 Å². The molecule has 5 heteroatoms. The van der Waals surface area contributed by atoms with Crippen LogP contribution in [0.2, 0.25) is 0 Å². The summed E-state index contributed by atoms with van der Waals surface area (Å²) >= 11 is 1.78. The summed E-state index contributed by atoms with van der Waals surface area (Å²) in [5.74, 6) is 0.120. The molecule has 1 amide bonds. The van der Waals surface area contributed by atoms with Gasteiger partial charge in [-0.2, -0.15) is 0 Å². The van der Waals surface area contributed by atoms with E-state index in [9.17, 15) is 4.79 Å². The molecule has 0 bridgehead atoms. The lowest BCUT2D eigenvalue weighted by Gasteiger charge is -2.30. The molecule has 0 saturated carbocycles. The third-order valence-electron chi connectivity index (χ3n) is 3.87. The summed E-state index contributed by atoms with van der Waals surface area (Å²) in [7, 11) is 1.64. The van der Waals surface area contributed by atoms with Crippen LogP contribution >= 0.6 is 11.3 Å². The van der Waals surface area contributed by atoms with Gasteiger partial charge in [-0.15, -0.1) is 11.3 Å². The van der Waals surface area contributed by atoms with Crippen LogP contribution in [0.15, 0.2) is 17.5 Å². The van der Waals surface area contributed by atoms with Crippen molar-refractivity contribution in [1.82, 2.24) is 4.90 Å². The van der Waals surface area contributed by atoms with Gasteiger partial charge in [-0.05, 0) is 24.3 Å². The molecule has 1 saturated heterocycles. The maximum atomic E-state index is 12.4. The molecule has 0 spiro atoms. The minimum atomic E-state index is 0.120. The van der Waals surface area contributed by atoms with E-state index in [0.29, 0.717) is 19.3 Å². The van der Waals surface area contributed by atoms with Gasteiger partial charge in [-0.3, -0.25) is 4.79 Å². The number of ether oxygens (including phenoxy) is 2. The zero-order valence-electron chi connectivity index (χ0n) is 12.8. The average molecular weight is 311 g/mol. The second-order valence-electron chi connectivity index (χ2n) is 5.42. The largest absolute Gasteiger partial charge is 0.382 e. The lowest BCUT2D eigenvalue weighted by Crippen LogP contribution is -2.43. The van der Waals surface area contributed by atoms with Crippen molar-refractivity contribution in [3.63, 3.8) is 0 Å². The standard InChI is InChI=1S/C16H25NO3S/c1-19-9-10-20-13-16(18)17-8-4-2-3-6-14(17)12-15-7-5-11-21-15/h5,7,11,14H,2-4,6,8-10,12-13H2,1H3/t14-/m0/s1. The van der Waals surface area contributed by atoms with Gasteiger partial charge in [0.25, 0.3) is 0 Å². The Morgan fingerprint density at radius 2 is 2.29 bits per heavy atom. The second kappa shape index (κ2) is 9.18. The van der Waals surface area contributed by atoms with Crippen molar-refractivity contribution in [2.75, 3.05) is 33.5 Å². The van der Waals surface area contributed by atoms with Gasteiger partial charge in [-0.1, -0.05) is 18.9 Å². The maximum absolute atomic E-state index is 12.4. The van der Waals surface area contributed by atoms with Gasteiger partial charge in [0.05, 0.1) is 13.2 Å². The zero-order chi connectivity index (χ0) is 14.9. The predicted octanol–water partition coefficient (Wildman–Crippen LogP) is 2.72. The highest BCUT2D eigenvalue weighted by Crippen LogP contribution is 2.22. The lowest BCUT2D eigenvalue weighted by atomic mass is 10.1. The highest BCUT2D eigenvalue weighted by atomic mass is 32.1. The minimum absolute atomic E-state index is 0.120. The van der Waals surface area contributed by atoms with Crippen LogP contribution in [-0.2, 0) is 20.7 Å². The Hall–Kier alpha value is -0.910. The van der Waals surface area contributed by atoms with Crippen LogP contribution < -0.4 is 0 Å². The fourth-order valence-corrected chi connectivity index (χ4v) is 3.54. The minimum Gasteiger partial charge on any atom is -0.382 e. The third-order valence-corrected chi connectivity index (χ3v) is 4.77. The topological polar surface area (TPSA) is 38.8 Å². The fraction of sp³-hybridized carbons (Fsp3) is 0.688. The Morgan fingerprint density at radius 1 is 1.38 bits per heavy atom. The predicted molar refractivity (Wildman–Crippen MR) is 84.7 cm³/mol. The van der Waals surface area contributed by atoms with E-state index in [-0.39, 0.29) is 12.5 Å². The number of amides is 1. The van der Waals surface area contributed by atoms with E-state index in [1.165, 1.54) is 17.7 Å². The van der Waals surface area contributed by atoms with E-state index in [0.717, 1.165) is 25.8 Å². The van der Waals surface area contributed by atoms with Crippen LogP contribution in [0.25, 0.3) is 0 Å². The molecule has 0 unspecified atom stereocenters. The van der Waals surface area contributed by atoms with E-state index in [1.54, 1.807) is 18.4 Å². The molecule has 21 heavy (non-hydrogen) atoms. The number of carbonyl (C=O) groups is 1. The Bertz CT molecular complexity index is 408. The average Bonchev–Trinajstić information content (AvgIpc) is 2.88. The smallest absolute Gasteiger partial charge is 0.248 e. The van der Waals surface area contributed by atoms with Crippen molar-refractivity contribution in [1.29, 1.82) is 0 Å². The molecule has 118 valence electrons. The van der Waals surface area contributed by atoms with Crippen molar-refractivity contribution >= 4 is 17.2 Å². The molecule has 0 N–H and O–H groups in total. The molecular weight excluding hydrogens is 286 g/mol. The Labute approximate surface area is 131 Å². The quantitative estimate of drug-likeness (QED) is 0.727. The van der Waals surface area contributed by atoms with Crippen LogP contribution in [0.3, 0.4) is 0 Å². The van der Waals surface area contributed by atoms with Gasteiger partial charge in [0.2, 0.25) is 5.91 Å². The summed E-state index contributed by atoms with van der Waals surface area (Å²) in [5.41, 5.74) is 0. The molecule has 0 aliphatic carbocycles. The summed E-state index contributed by atoms with van der Waals surface area (Å²) in [6, 6.07) is 4.56. The SMILES string of the molecule is COCCOCC(=O)N1CCCCC[C@H]1Cc1cccs1. The van der Waals surface area contributed by atoms with E-state index in [1.807, 2.05) is 4.90 Å². The highest BCUT2D eigenvalue weighted by Gasteiger charge is 2.25. The van der Waals surface area contributed by atoms with Crippen molar-refractivity contribution in [2.45, 2.75) is 38.1 Å². The number of hydrogen-bond donors (Lipinski definition) is 0. The van der Waals surface area contributed by atoms with E-state index >= 15 is 0 Å². The number of carbonyl (C=O) groups excluding carboxylic acids is 1.